The maximum absolute atomic E-state index is 13.2. The van der Waals surface area contributed by atoms with Gasteiger partial charge in [0.25, 0.3) is 0 Å². The number of carbonyl (C=O) groups excluding carboxylic acids is 2. The highest BCUT2D eigenvalue weighted by atomic mass is 16.5. The molecular formula is C27H38N2O4. The molecule has 0 bridgehead atoms. The first-order valence-electron chi connectivity index (χ1n) is 11.8. The number of methoxy groups -OCH3 is 1. The van der Waals surface area contributed by atoms with E-state index < -0.39 is 6.04 Å². The average molecular weight is 455 g/mol. The first-order valence-corrected chi connectivity index (χ1v) is 11.8. The summed E-state index contributed by atoms with van der Waals surface area (Å²) in [7, 11) is 1.62. The summed E-state index contributed by atoms with van der Waals surface area (Å²) in [6.07, 6.45) is 2.28. The predicted octanol–water partition coefficient (Wildman–Crippen LogP) is 4.88. The SMILES string of the molecule is CC[C@H](C(=O)N[C@@H](C)CC)N(Cc1ccc(C)cc1)C(=O)CCCOc1ccc(OC)cc1. The minimum absolute atomic E-state index is 0.0416. The summed E-state index contributed by atoms with van der Waals surface area (Å²) in [5.74, 6) is 1.37. The highest BCUT2D eigenvalue weighted by Gasteiger charge is 2.28. The van der Waals surface area contributed by atoms with Gasteiger partial charge in [-0.05, 0) is 62.9 Å². The number of aryl methyl sites for hydroxylation is 1. The van der Waals surface area contributed by atoms with E-state index in [1.165, 1.54) is 0 Å². The van der Waals surface area contributed by atoms with E-state index in [1.807, 2.05) is 76.2 Å². The lowest BCUT2D eigenvalue weighted by atomic mass is 10.1. The Morgan fingerprint density at radius 1 is 0.970 bits per heavy atom. The molecule has 0 aromatic heterocycles. The fourth-order valence-corrected chi connectivity index (χ4v) is 3.48. The minimum Gasteiger partial charge on any atom is -0.497 e. The Kier molecular flexibility index (Phi) is 10.7. The highest BCUT2D eigenvalue weighted by molar-refractivity contribution is 5.87. The summed E-state index contributed by atoms with van der Waals surface area (Å²) >= 11 is 0. The Hall–Kier alpha value is -3.02. The fraction of sp³-hybridized carbons (Fsp3) is 0.481. The Labute approximate surface area is 198 Å². The van der Waals surface area contributed by atoms with Gasteiger partial charge in [-0.15, -0.1) is 0 Å². The predicted molar refractivity (Wildman–Crippen MR) is 131 cm³/mol. The molecule has 2 atom stereocenters. The van der Waals surface area contributed by atoms with Gasteiger partial charge in [-0.1, -0.05) is 43.7 Å². The van der Waals surface area contributed by atoms with Gasteiger partial charge in [-0.25, -0.2) is 0 Å². The molecule has 6 heteroatoms. The fourth-order valence-electron chi connectivity index (χ4n) is 3.48. The standard InChI is InChI=1S/C27H38N2O4/c1-6-21(4)28-27(31)25(7-2)29(19-22-12-10-20(3)11-13-22)26(30)9-8-18-33-24-16-14-23(32-5)15-17-24/h10-17,21,25H,6-9,18-19H2,1-5H3,(H,28,31)/t21-,25+/m0/s1. The van der Waals surface area contributed by atoms with E-state index in [9.17, 15) is 9.59 Å². The second-order valence-corrected chi connectivity index (χ2v) is 8.38. The van der Waals surface area contributed by atoms with E-state index in [0.29, 0.717) is 32.4 Å². The van der Waals surface area contributed by atoms with Crippen LogP contribution in [0.5, 0.6) is 11.5 Å². The second-order valence-electron chi connectivity index (χ2n) is 8.38. The van der Waals surface area contributed by atoms with Crippen LogP contribution in [0.25, 0.3) is 0 Å². The van der Waals surface area contributed by atoms with Gasteiger partial charge in [0.05, 0.1) is 13.7 Å². The number of nitrogens with zero attached hydrogens (tertiary/aromatic N) is 1. The van der Waals surface area contributed by atoms with Crippen molar-refractivity contribution in [1.82, 2.24) is 10.2 Å². The number of carbonyl (C=O) groups is 2. The van der Waals surface area contributed by atoms with Crippen LogP contribution in [-0.4, -0.2) is 42.5 Å². The maximum Gasteiger partial charge on any atom is 0.243 e. The summed E-state index contributed by atoms with van der Waals surface area (Å²) in [6.45, 7) is 8.82. The van der Waals surface area contributed by atoms with Gasteiger partial charge in [0.2, 0.25) is 11.8 Å². The molecule has 0 saturated heterocycles. The van der Waals surface area contributed by atoms with E-state index in [4.69, 9.17) is 9.47 Å². The van der Waals surface area contributed by atoms with Crippen LogP contribution in [0.1, 0.15) is 57.6 Å². The zero-order valence-electron chi connectivity index (χ0n) is 20.6. The topological polar surface area (TPSA) is 67.9 Å². The molecule has 0 unspecified atom stereocenters. The molecule has 0 radical (unpaired) electrons. The van der Waals surface area contributed by atoms with Gasteiger partial charge in [0.15, 0.2) is 0 Å². The quantitative estimate of drug-likeness (QED) is 0.438. The molecule has 0 spiro atoms. The van der Waals surface area contributed by atoms with Crippen LogP contribution in [0.3, 0.4) is 0 Å². The Morgan fingerprint density at radius 3 is 2.18 bits per heavy atom. The van der Waals surface area contributed by atoms with E-state index in [2.05, 4.69) is 5.32 Å². The molecule has 6 nitrogen and oxygen atoms in total. The van der Waals surface area contributed by atoms with Gasteiger partial charge in [0.1, 0.15) is 17.5 Å². The van der Waals surface area contributed by atoms with Crippen molar-refractivity contribution in [1.29, 1.82) is 0 Å². The molecule has 0 aliphatic heterocycles. The number of rotatable bonds is 13. The summed E-state index contributed by atoms with van der Waals surface area (Å²) in [6, 6.07) is 15.0. The van der Waals surface area contributed by atoms with Gasteiger partial charge in [-0.2, -0.15) is 0 Å². The molecule has 0 saturated carbocycles. The third kappa shape index (κ3) is 8.44. The number of benzene rings is 2. The first kappa shape index (κ1) is 26.2. The summed E-state index contributed by atoms with van der Waals surface area (Å²) < 4.78 is 10.9. The summed E-state index contributed by atoms with van der Waals surface area (Å²) in [4.78, 5) is 27.9. The third-order valence-electron chi connectivity index (χ3n) is 5.72. The molecule has 2 amide bonds. The van der Waals surface area contributed by atoms with Crippen LogP contribution in [0.2, 0.25) is 0 Å². The third-order valence-corrected chi connectivity index (χ3v) is 5.72. The highest BCUT2D eigenvalue weighted by Crippen LogP contribution is 2.18. The Morgan fingerprint density at radius 2 is 1.61 bits per heavy atom. The molecule has 1 N–H and O–H groups in total. The van der Waals surface area contributed by atoms with Crippen molar-refractivity contribution in [2.45, 2.75) is 72.0 Å². The van der Waals surface area contributed by atoms with Crippen LogP contribution in [0, 0.1) is 6.92 Å². The smallest absolute Gasteiger partial charge is 0.243 e. The zero-order chi connectivity index (χ0) is 24.2. The molecule has 0 aliphatic rings. The Balaban J connectivity index is 2.04. The molecular weight excluding hydrogens is 416 g/mol. The van der Waals surface area contributed by atoms with E-state index in [1.54, 1.807) is 12.0 Å². The van der Waals surface area contributed by atoms with Crippen molar-refractivity contribution in [3.63, 3.8) is 0 Å². The van der Waals surface area contributed by atoms with Gasteiger partial charge in [0, 0.05) is 19.0 Å². The van der Waals surface area contributed by atoms with Gasteiger partial charge >= 0.3 is 0 Å². The molecule has 0 heterocycles. The van der Waals surface area contributed by atoms with E-state index >= 15 is 0 Å². The zero-order valence-corrected chi connectivity index (χ0v) is 20.6. The van der Waals surface area contributed by atoms with Crippen molar-refractivity contribution < 1.29 is 19.1 Å². The van der Waals surface area contributed by atoms with E-state index in [0.717, 1.165) is 29.0 Å². The van der Waals surface area contributed by atoms with Gasteiger partial charge in [-0.3, -0.25) is 9.59 Å². The average Bonchev–Trinajstić information content (AvgIpc) is 2.83. The molecule has 2 aromatic carbocycles. The lowest BCUT2D eigenvalue weighted by Gasteiger charge is -2.31. The molecule has 0 fully saturated rings. The molecule has 33 heavy (non-hydrogen) atoms. The minimum atomic E-state index is -0.504. The van der Waals surface area contributed by atoms with Crippen molar-refractivity contribution in [2.24, 2.45) is 0 Å². The number of nitrogens with one attached hydrogen (secondary N) is 1. The normalized spacial score (nSPS) is 12.5. The summed E-state index contributed by atoms with van der Waals surface area (Å²) in [5.41, 5.74) is 2.17. The monoisotopic (exact) mass is 454 g/mol. The molecule has 2 rings (SSSR count). The van der Waals surface area contributed by atoms with E-state index in [-0.39, 0.29) is 17.9 Å². The lowest BCUT2D eigenvalue weighted by Crippen LogP contribution is -2.50. The van der Waals surface area contributed by atoms with Crippen molar-refractivity contribution in [3.05, 3.63) is 59.7 Å². The van der Waals surface area contributed by atoms with Crippen LogP contribution in [-0.2, 0) is 16.1 Å². The number of hydrogen-bond acceptors (Lipinski definition) is 4. The van der Waals surface area contributed by atoms with Gasteiger partial charge < -0.3 is 19.7 Å². The largest absolute Gasteiger partial charge is 0.497 e. The number of amides is 2. The molecule has 0 aliphatic carbocycles. The number of hydrogen-bond donors (Lipinski definition) is 1. The first-order chi connectivity index (χ1) is 15.9. The molecule has 2 aromatic rings. The molecule has 180 valence electrons. The van der Waals surface area contributed by atoms with Crippen LogP contribution >= 0.6 is 0 Å². The number of ether oxygens (including phenoxy) is 2. The Bertz CT molecular complexity index is 865. The second kappa shape index (κ2) is 13.5. The van der Waals surface area contributed by atoms with Crippen LogP contribution < -0.4 is 14.8 Å². The lowest BCUT2D eigenvalue weighted by molar-refractivity contribution is -0.141. The van der Waals surface area contributed by atoms with Crippen molar-refractivity contribution >= 4 is 11.8 Å². The van der Waals surface area contributed by atoms with Crippen molar-refractivity contribution in [2.75, 3.05) is 13.7 Å². The van der Waals surface area contributed by atoms with Crippen molar-refractivity contribution in [3.8, 4) is 11.5 Å². The van der Waals surface area contributed by atoms with Crippen LogP contribution in [0.4, 0.5) is 0 Å². The van der Waals surface area contributed by atoms with Crippen LogP contribution in [0.15, 0.2) is 48.5 Å². The summed E-state index contributed by atoms with van der Waals surface area (Å²) in [5, 5.41) is 3.04. The maximum atomic E-state index is 13.2.